The number of nitrogens with two attached hydrogens (primary N) is 1. The van der Waals surface area contributed by atoms with Gasteiger partial charge in [-0.05, 0) is 31.0 Å². The van der Waals surface area contributed by atoms with Crippen LogP contribution in [0.3, 0.4) is 0 Å². The maximum atomic E-state index is 12.8. The first-order valence-corrected chi connectivity index (χ1v) is 4.66. The Morgan fingerprint density at radius 2 is 2.21 bits per heavy atom. The van der Waals surface area contributed by atoms with Crippen molar-refractivity contribution in [1.82, 2.24) is 0 Å². The van der Waals surface area contributed by atoms with Gasteiger partial charge in [-0.3, -0.25) is 0 Å². The van der Waals surface area contributed by atoms with E-state index in [-0.39, 0.29) is 11.6 Å². The third-order valence-electron chi connectivity index (χ3n) is 1.95. The average Bonchev–Trinajstić information content (AvgIpc) is 2.11. The average molecular weight is 218 g/mol. The molecule has 1 aromatic carbocycles. The number of aliphatic hydroxyl groups is 1. The van der Waals surface area contributed by atoms with E-state index >= 15 is 0 Å². The summed E-state index contributed by atoms with van der Waals surface area (Å²) in [6.07, 6.45) is 0.462. The zero-order valence-corrected chi connectivity index (χ0v) is 8.68. The summed E-state index contributed by atoms with van der Waals surface area (Å²) in [5.41, 5.74) is 5.87. The van der Waals surface area contributed by atoms with Gasteiger partial charge in [0.1, 0.15) is 5.82 Å². The van der Waals surface area contributed by atoms with Crippen molar-refractivity contribution in [3.63, 3.8) is 0 Å². The lowest BCUT2D eigenvalue weighted by molar-refractivity contribution is 0.208. The van der Waals surface area contributed by atoms with Crippen LogP contribution in [-0.2, 0) is 6.42 Å². The molecule has 0 aliphatic carbocycles. The highest BCUT2D eigenvalue weighted by atomic mass is 35.5. The van der Waals surface area contributed by atoms with Gasteiger partial charge < -0.3 is 10.8 Å². The predicted molar refractivity (Wildman–Crippen MR) is 54.8 cm³/mol. The molecular formula is C10H13ClFNO. The quantitative estimate of drug-likeness (QED) is 0.810. The van der Waals surface area contributed by atoms with Crippen molar-refractivity contribution in [2.45, 2.75) is 18.9 Å². The molecule has 0 radical (unpaired) electrons. The van der Waals surface area contributed by atoms with Gasteiger partial charge in [0, 0.05) is 5.54 Å². The van der Waals surface area contributed by atoms with E-state index in [9.17, 15) is 4.39 Å². The number of benzene rings is 1. The second kappa shape index (κ2) is 4.26. The first kappa shape index (κ1) is 11.4. The highest BCUT2D eigenvalue weighted by molar-refractivity contribution is 6.30. The van der Waals surface area contributed by atoms with Crippen LogP contribution in [0.2, 0.25) is 5.02 Å². The van der Waals surface area contributed by atoms with Gasteiger partial charge in [-0.15, -0.1) is 0 Å². The Morgan fingerprint density at radius 1 is 1.57 bits per heavy atom. The third-order valence-corrected chi connectivity index (χ3v) is 2.24. The van der Waals surface area contributed by atoms with Crippen LogP contribution in [0.5, 0.6) is 0 Å². The molecule has 0 heterocycles. The number of hydrogen-bond donors (Lipinski definition) is 2. The van der Waals surface area contributed by atoms with E-state index in [1.165, 1.54) is 12.1 Å². The van der Waals surface area contributed by atoms with Crippen LogP contribution in [-0.4, -0.2) is 17.3 Å². The van der Waals surface area contributed by atoms with Crippen LogP contribution >= 0.6 is 11.6 Å². The Balaban J connectivity index is 2.83. The van der Waals surface area contributed by atoms with Gasteiger partial charge in [-0.1, -0.05) is 17.7 Å². The monoisotopic (exact) mass is 217 g/mol. The van der Waals surface area contributed by atoms with Gasteiger partial charge in [0.15, 0.2) is 0 Å². The zero-order valence-electron chi connectivity index (χ0n) is 7.93. The number of hydrogen-bond acceptors (Lipinski definition) is 2. The van der Waals surface area contributed by atoms with Crippen molar-refractivity contribution in [2.75, 3.05) is 6.61 Å². The standard InChI is InChI=1S/C10H13ClFNO/c1-10(13,6-14)5-7-2-3-9(12)8(11)4-7/h2-4,14H,5-6,13H2,1H3. The molecule has 1 aromatic rings. The van der Waals surface area contributed by atoms with Gasteiger partial charge >= 0.3 is 0 Å². The number of rotatable bonds is 3. The fourth-order valence-corrected chi connectivity index (χ4v) is 1.37. The van der Waals surface area contributed by atoms with E-state index in [0.29, 0.717) is 6.42 Å². The lowest BCUT2D eigenvalue weighted by Gasteiger charge is -2.21. The van der Waals surface area contributed by atoms with E-state index < -0.39 is 11.4 Å². The molecule has 1 atom stereocenters. The smallest absolute Gasteiger partial charge is 0.141 e. The van der Waals surface area contributed by atoms with Gasteiger partial charge in [0.05, 0.1) is 11.6 Å². The lowest BCUT2D eigenvalue weighted by atomic mass is 9.95. The molecule has 0 aliphatic rings. The molecule has 0 saturated carbocycles. The number of halogens is 2. The Hall–Kier alpha value is -0.640. The molecule has 0 amide bonds. The Kier molecular flexibility index (Phi) is 3.48. The molecule has 0 aliphatic heterocycles. The third kappa shape index (κ3) is 2.94. The van der Waals surface area contributed by atoms with Gasteiger partial charge in [-0.2, -0.15) is 0 Å². The molecule has 0 bridgehead atoms. The van der Waals surface area contributed by atoms with Gasteiger partial charge in [-0.25, -0.2) is 4.39 Å². The van der Waals surface area contributed by atoms with Crippen LogP contribution in [0.15, 0.2) is 18.2 Å². The summed E-state index contributed by atoms with van der Waals surface area (Å²) in [5, 5.41) is 9.03. The van der Waals surface area contributed by atoms with E-state index in [4.69, 9.17) is 22.4 Å². The Morgan fingerprint density at radius 3 is 2.71 bits per heavy atom. The maximum absolute atomic E-state index is 12.8. The molecule has 78 valence electrons. The molecule has 0 saturated heterocycles. The molecule has 4 heteroatoms. The fourth-order valence-electron chi connectivity index (χ4n) is 1.17. The number of aliphatic hydroxyl groups excluding tert-OH is 1. The zero-order chi connectivity index (χ0) is 10.8. The molecule has 14 heavy (non-hydrogen) atoms. The maximum Gasteiger partial charge on any atom is 0.141 e. The fraction of sp³-hybridized carbons (Fsp3) is 0.400. The normalized spacial score (nSPS) is 15.2. The van der Waals surface area contributed by atoms with E-state index in [0.717, 1.165) is 5.56 Å². The summed E-state index contributed by atoms with van der Waals surface area (Å²) < 4.78 is 12.8. The Labute approximate surface area is 87.5 Å². The van der Waals surface area contributed by atoms with Gasteiger partial charge in [0.2, 0.25) is 0 Å². The van der Waals surface area contributed by atoms with Crippen molar-refractivity contribution in [1.29, 1.82) is 0 Å². The molecule has 1 rings (SSSR count). The largest absolute Gasteiger partial charge is 0.394 e. The first-order valence-electron chi connectivity index (χ1n) is 4.28. The first-order chi connectivity index (χ1) is 6.44. The minimum atomic E-state index is -0.693. The SMILES string of the molecule is CC(N)(CO)Cc1ccc(F)c(Cl)c1. The van der Waals surface area contributed by atoms with Crippen molar-refractivity contribution in [2.24, 2.45) is 5.73 Å². The summed E-state index contributed by atoms with van der Waals surface area (Å²) in [4.78, 5) is 0. The highest BCUT2D eigenvalue weighted by Crippen LogP contribution is 2.18. The van der Waals surface area contributed by atoms with Gasteiger partial charge in [0.25, 0.3) is 0 Å². The molecule has 0 fully saturated rings. The van der Waals surface area contributed by atoms with Crippen LogP contribution in [0, 0.1) is 5.82 Å². The van der Waals surface area contributed by atoms with Crippen LogP contribution in [0.1, 0.15) is 12.5 Å². The molecule has 1 unspecified atom stereocenters. The van der Waals surface area contributed by atoms with Crippen molar-refractivity contribution in [3.05, 3.63) is 34.6 Å². The molecule has 0 aromatic heterocycles. The lowest BCUT2D eigenvalue weighted by Crippen LogP contribution is -2.42. The van der Waals surface area contributed by atoms with Crippen molar-refractivity contribution >= 4 is 11.6 Å². The molecule has 0 spiro atoms. The summed E-state index contributed by atoms with van der Waals surface area (Å²) >= 11 is 5.61. The second-order valence-electron chi connectivity index (χ2n) is 3.74. The van der Waals surface area contributed by atoms with Crippen molar-refractivity contribution in [3.8, 4) is 0 Å². The predicted octanol–water partition coefficient (Wildman–Crippen LogP) is 1.73. The van der Waals surface area contributed by atoms with Crippen molar-refractivity contribution < 1.29 is 9.50 Å². The molecule has 3 N–H and O–H groups in total. The topological polar surface area (TPSA) is 46.2 Å². The van der Waals surface area contributed by atoms with E-state index in [1.54, 1.807) is 13.0 Å². The summed E-state index contributed by atoms with van der Waals surface area (Å²) in [7, 11) is 0. The van der Waals surface area contributed by atoms with Crippen LogP contribution < -0.4 is 5.73 Å². The molecule has 2 nitrogen and oxygen atoms in total. The minimum absolute atomic E-state index is 0.0799. The van der Waals surface area contributed by atoms with Crippen LogP contribution in [0.25, 0.3) is 0 Å². The summed E-state index contributed by atoms with van der Waals surface area (Å²) in [6.45, 7) is 1.60. The second-order valence-corrected chi connectivity index (χ2v) is 4.14. The van der Waals surface area contributed by atoms with Crippen LogP contribution in [0.4, 0.5) is 4.39 Å². The van der Waals surface area contributed by atoms with E-state index in [1.807, 2.05) is 0 Å². The summed E-state index contributed by atoms with van der Waals surface area (Å²) in [5.74, 6) is -0.446. The van der Waals surface area contributed by atoms with E-state index in [2.05, 4.69) is 0 Å². The minimum Gasteiger partial charge on any atom is -0.394 e. The Bertz CT molecular complexity index is 328. The molecular weight excluding hydrogens is 205 g/mol. The highest BCUT2D eigenvalue weighted by Gasteiger charge is 2.17. The summed E-state index contributed by atoms with van der Waals surface area (Å²) in [6, 6.07) is 4.44.